The van der Waals surface area contributed by atoms with Gasteiger partial charge in [0.15, 0.2) is 17.2 Å². The smallest absolute Gasteiger partial charge is 0.363 e. The van der Waals surface area contributed by atoms with Crippen LogP contribution in [-0.2, 0) is 16.1 Å². The van der Waals surface area contributed by atoms with Crippen molar-refractivity contribution in [2.24, 2.45) is 4.99 Å². The summed E-state index contributed by atoms with van der Waals surface area (Å²) in [6.45, 7) is 2.32. The van der Waals surface area contributed by atoms with Crippen LogP contribution in [0.1, 0.15) is 22.3 Å². The van der Waals surface area contributed by atoms with Crippen LogP contribution in [0.4, 0.5) is 0 Å². The predicted octanol–water partition coefficient (Wildman–Crippen LogP) is 6.34. The fourth-order valence-electron chi connectivity index (χ4n) is 3.13. The maximum absolute atomic E-state index is 12.3. The van der Waals surface area contributed by atoms with Crippen LogP contribution in [0.5, 0.6) is 11.5 Å². The van der Waals surface area contributed by atoms with E-state index in [9.17, 15) is 4.79 Å². The number of ether oxygens (including phenoxy) is 3. The lowest BCUT2D eigenvalue weighted by molar-refractivity contribution is -0.129. The topological polar surface area (TPSA) is 57.1 Å². The highest BCUT2D eigenvalue weighted by molar-refractivity contribution is 9.10. The highest BCUT2D eigenvalue weighted by Crippen LogP contribution is 2.38. The van der Waals surface area contributed by atoms with Gasteiger partial charge in [0.2, 0.25) is 5.90 Å². The Morgan fingerprint density at radius 2 is 1.91 bits per heavy atom. The van der Waals surface area contributed by atoms with Gasteiger partial charge in [-0.25, -0.2) is 9.79 Å². The van der Waals surface area contributed by atoms with E-state index < -0.39 is 5.97 Å². The molecule has 1 heterocycles. The zero-order valence-corrected chi connectivity index (χ0v) is 19.7. The summed E-state index contributed by atoms with van der Waals surface area (Å²) in [6, 6.07) is 18.7. The largest absolute Gasteiger partial charge is 0.493 e. The highest BCUT2D eigenvalue weighted by Gasteiger charge is 2.24. The standard InChI is InChI=1S/C25H19BrClNO4/c1-15-6-8-18(9-7-15)24-28-21(25(29)32-24)12-17-11-20(26)23(22(13-17)30-2)31-14-16-4-3-5-19(27)10-16/h3-13H,14H2,1-2H3/b21-12-. The van der Waals surface area contributed by atoms with Gasteiger partial charge in [-0.05, 0) is 76.5 Å². The second-order valence-electron chi connectivity index (χ2n) is 7.15. The van der Waals surface area contributed by atoms with E-state index in [4.69, 9.17) is 25.8 Å². The minimum absolute atomic E-state index is 0.210. The number of rotatable bonds is 6. The summed E-state index contributed by atoms with van der Waals surface area (Å²) in [7, 11) is 1.56. The lowest BCUT2D eigenvalue weighted by Crippen LogP contribution is -2.05. The van der Waals surface area contributed by atoms with Crippen LogP contribution in [0.2, 0.25) is 5.02 Å². The third-order valence-corrected chi connectivity index (χ3v) is 5.57. The molecule has 4 rings (SSSR count). The SMILES string of the molecule is COc1cc(/C=C2\N=C(c3ccc(C)cc3)OC2=O)cc(Br)c1OCc1cccc(Cl)c1. The lowest BCUT2D eigenvalue weighted by Gasteiger charge is -2.14. The van der Waals surface area contributed by atoms with E-state index in [1.807, 2.05) is 61.5 Å². The van der Waals surface area contributed by atoms with Gasteiger partial charge in [0.25, 0.3) is 0 Å². The molecule has 162 valence electrons. The van der Waals surface area contributed by atoms with Gasteiger partial charge in [0.1, 0.15) is 6.61 Å². The quantitative estimate of drug-likeness (QED) is 0.285. The zero-order chi connectivity index (χ0) is 22.7. The Labute approximate surface area is 199 Å². The molecule has 0 N–H and O–H groups in total. The zero-order valence-electron chi connectivity index (χ0n) is 17.4. The van der Waals surface area contributed by atoms with Crippen LogP contribution >= 0.6 is 27.5 Å². The Hall–Kier alpha value is -3.09. The Morgan fingerprint density at radius 3 is 2.62 bits per heavy atom. The number of esters is 1. The van der Waals surface area contributed by atoms with E-state index >= 15 is 0 Å². The first-order valence-electron chi connectivity index (χ1n) is 9.77. The Bertz CT molecular complexity index is 1240. The number of carbonyl (C=O) groups excluding carboxylic acids is 1. The van der Waals surface area contributed by atoms with Gasteiger partial charge >= 0.3 is 5.97 Å². The molecule has 0 aliphatic carbocycles. The van der Waals surface area contributed by atoms with Crippen molar-refractivity contribution >= 4 is 45.5 Å². The first-order valence-corrected chi connectivity index (χ1v) is 10.9. The number of methoxy groups -OCH3 is 1. The highest BCUT2D eigenvalue weighted by atomic mass is 79.9. The molecule has 0 atom stereocenters. The third-order valence-electron chi connectivity index (χ3n) is 4.75. The molecule has 0 saturated carbocycles. The fraction of sp³-hybridized carbons (Fsp3) is 0.120. The summed E-state index contributed by atoms with van der Waals surface area (Å²) in [5, 5.41) is 0.646. The van der Waals surface area contributed by atoms with Gasteiger partial charge in [-0.3, -0.25) is 0 Å². The molecule has 0 aromatic heterocycles. The van der Waals surface area contributed by atoms with Crippen molar-refractivity contribution in [1.29, 1.82) is 0 Å². The first kappa shape index (κ1) is 22.1. The van der Waals surface area contributed by atoms with Crippen LogP contribution in [0.15, 0.2) is 75.8 Å². The first-order chi connectivity index (χ1) is 15.4. The number of aliphatic imine (C=N–C) groups is 1. The monoisotopic (exact) mass is 511 g/mol. The van der Waals surface area contributed by atoms with Crippen LogP contribution < -0.4 is 9.47 Å². The lowest BCUT2D eigenvalue weighted by atomic mass is 10.1. The number of aryl methyl sites for hydroxylation is 1. The molecule has 0 amide bonds. The van der Waals surface area contributed by atoms with Crippen molar-refractivity contribution in [2.75, 3.05) is 7.11 Å². The molecular weight excluding hydrogens is 494 g/mol. The molecule has 3 aromatic rings. The average molecular weight is 513 g/mol. The Balaban J connectivity index is 1.59. The number of hydrogen-bond acceptors (Lipinski definition) is 5. The van der Waals surface area contributed by atoms with E-state index in [0.29, 0.717) is 33.2 Å². The van der Waals surface area contributed by atoms with Gasteiger partial charge in [-0.1, -0.05) is 41.4 Å². The second-order valence-corrected chi connectivity index (χ2v) is 8.45. The predicted molar refractivity (Wildman–Crippen MR) is 128 cm³/mol. The van der Waals surface area contributed by atoms with Crippen molar-refractivity contribution in [1.82, 2.24) is 0 Å². The molecule has 0 radical (unpaired) electrons. The van der Waals surface area contributed by atoms with Gasteiger partial charge in [-0.15, -0.1) is 0 Å². The summed E-state index contributed by atoms with van der Waals surface area (Å²) < 4.78 is 17.5. The normalized spacial score (nSPS) is 14.3. The van der Waals surface area contributed by atoms with E-state index in [-0.39, 0.29) is 11.6 Å². The van der Waals surface area contributed by atoms with Crippen LogP contribution in [0.25, 0.3) is 6.08 Å². The molecule has 3 aromatic carbocycles. The molecule has 32 heavy (non-hydrogen) atoms. The maximum Gasteiger partial charge on any atom is 0.363 e. The molecule has 0 unspecified atom stereocenters. The number of hydrogen-bond donors (Lipinski definition) is 0. The van der Waals surface area contributed by atoms with Crippen molar-refractivity contribution in [3.8, 4) is 11.5 Å². The molecule has 0 spiro atoms. The van der Waals surface area contributed by atoms with Crippen molar-refractivity contribution < 1.29 is 19.0 Å². The minimum atomic E-state index is -0.503. The van der Waals surface area contributed by atoms with Crippen molar-refractivity contribution in [3.63, 3.8) is 0 Å². The van der Waals surface area contributed by atoms with Crippen molar-refractivity contribution in [3.05, 3.63) is 98.1 Å². The molecule has 1 aliphatic heterocycles. The number of cyclic esters (lactones) is 1. The molecule has 0 fully saturated rings. The molecule has 5 nitrogen and oxygen atoms in total. The average Bonchev–Trinajstić information content (AvgIpc) is 3.13. The minimum Gasteiger partial charge on any atom is -0.493 e. The third kappa shape index (κ3) is 5.03. The second kappa shape index (κ2) is 9.59. The van der Waals surface area contributed by atoms with E-state index in [1.165, 1.54) is 0 Å². The number of nitrogens with zero attached hydrogens (tertiary/aromatic N) is 1. The maximum atomic E-state index is 12.3. The summed E-state index contributed by atoms with van der Waals surface area (Å²) in [6.07, 6.45) is 1.65. The summed E-state index contributed by atoms with van der Waals surface area (Å²) >= 11 is 9.58. The molecule has 1 aliphatic rings. The molecule has 0 saturated heterocycles. The molecule has 7 heteroatoms. The van der Waals surface area contributed by atoms with E-state index in [1.54, 1.807) is 19.3 Å². The summed E-state index contributed by atoms with van der Waals surface area (Å²) in [5.41, 5.74) is 3.72. The summed E-state index contributed by atoms with van der Waals surface area (Å²) in [5.74, 6) is 0.848. The van der Waals surface area contributed by atoms with Gasteiger partial charge < -0.3 is 14.2 Å². The van der Waals surface area contributed by atoms with Gasteiger partial charge in [-0.2, -0.15) is 0 Å². The molecular formula is C25H19BrClNO4. The van der Waals surface area contributed by atoms with Gasteiger partial charge in [0, 0.05) is 10.6 Å². The number of halogens is 2. The number of benzene rings is 3. The van der Waals surface area contributed by atoms with E-state index in [2.05, 4.69) is 20.9 Å². The number of carbonyl (C=O) groups is 1. The van der Waals surface area contributed by atoms with Crippen LogP contribution in [0, 0.1) is 6.92 Å². The molecule has 0 bridgehead atoms. The van der Waals surface area contributed by atoms with Crippen LogP contribution in [-0.4, -0.2) is 19.0 Å². The Morgan fingerprint density at radius 1 is 1.12 bits per heavy atom. The van der Waals surface area contributed by atoms with Gasteiger partial charge in [0.05, 0.1) is 11.6 Å². The Kier molecular flexibility index (Phi) is 6.63. The fourth-order valence-corrected chi connectivity index (χ4v) is 3.92. The van der Waals surface area contributed by atoms with Crippen molar-refractivity contribution in [2.45, 2.75) is 13.5 Å². The van der Waals surface area contributed by atoms with Crippen LogP contribution in [0.3, 0.4) is 0 Å². The van der Waals surface area contributed by atoms with E-state index in [0.717, 1.165) is 16.7 Å². The summed E-state index contributed by atoms with van der Waals surface area (Å²) in [4.78, 5) is 16.7.